The monoisotopic (exact) mass is 311 g/mol. The number of fused-ring (bicyclic) bond motifs is 1. The average molecular weight is 312 g/mol. The molecule has 0 N–H and O–H groups in total. The fourth-order valence-corrected chi connectivity index (χ4v) is 2.34. The van der Waals surface area contributed by atoms with E-state index in [1.807, 2.05) is 32.3 Å². The molecule has 0 unspecified atom stereocenters. The van der Waals surface area contributed by atoms with Crippen molar-refractivity contribution in [1.29, 1.82) is 0 Å². The molecule has 0 amide bonds. The largest absolute Gasteiger partial charge is 0.497 e. The lowest BCUT2D eigenvalue weighted by molar-refractivity contribution is 0.111. The van der Waals surface area contributed by atoms with Crippen LogP contribution in [-0.4, -0.2) is 55.4 Å². The zero-order valence-corrected chi connectivity index (χ0v) is 13.6. The van der Waals surface area contributed by atoms with Crippen molar-refractivity contribution < 1.29 is 9.47 Å². The Morgan fingerprint density at radius 1 is 1.29 bits per heavy atom. The van der Waals surface area contributed by atoms with Crippen molar-refractivity contribution in [2.75, 3.05) is 41.0 Å². The molecule has 116 valence electrons. The molecule has 1 heterocycles. The van der Waals surface area contributed by atoms with Crippen LogP contribution in [0.5, 0.6) is 5.75 Å². The van der Waals surface area contributed by atoms with E-state index in [4.69, 9.17) is 21.1 Å². The molecule has 0 aliphatic carbocycles. The molecule has 5 nitrogen and oxygen atoms in total. The minimum atomic E-state index is 0.384. The Labute approximate surface area is 130 Å². The van der Waals surface area contributed by atoms with Crippen LogP contribution >= 0.6 is 11.6 Å². The van der Waals surface area contributed by atoms with Gasteiger partial charge in [-0.1, -0.05) is 0 Å². The Hall–Kier alpha value is -1.30. The topological polar surface area (TPSA) is 39.5 Å². The van der Waals surface area contributed by atoms with Crippen molar-refractivity contribution in [3.05, 3.63) is 24.0 Å². The Kier molecular flexibility index (Phi) is 5.85. The lowest BCUT2D eigenvalue weighted by atomic mass is 10.3. The molecule has 1 aromatic heterocycles. The van der Waals surface area contributed by atoms with Crippen LogP contribution in [-0.2, 0) is 17.2 Å². The van der Waals surface area contributed by atoms with E-state index in [1.54, 1.807) is 7.11 Å². The first-order chi connectivity index (χ1) is 10.2. The summed E-state index contributed by atoms with van der Waals surface area (Å²) in [5.41, 5.74) is 1.96. The Morgan fingerprint density at radius 2 is 2.10 bits per heavy atom. The summed E-state index contributed by atoms with van der Waals surface area (Å²) in [6.45, 7) is 3.01. The smallest absolute Gasteiger partial charge is 0.124 e. The minimum Gasteiger partial charge on any atom is -0.497 e. The van der Waals surface area contributed by atoms with Gasteiger partial charge in [-0.15, -0.1) is 11.6 Å². The van der Waals surface area contributed by atoms with Gasteiger partial charge in [0.15, 0.2) is 0 Å². The molecule has 0 bridgehead atoms. The minimum absolute atomic E-state index is 0.384. The van der Waals surface area contributed by atoms with Gasteiger partial charge in [0.05, 0.1) is 37.2 Å². The van der Waals surface area contributed by atoms with Gasteiger partial charge in [-0.2, -0.15) is 0 Å². The lowest BCUT2D eigenvalue weighted by Gasteiger charge is -2.11. The molecule has 0 radical (unpaired) electrons. The van der Waals surface area contributed by atoms with Gasteiger partial charge in [0.25, 0.3) is 0 Å². The summed E-state index contributed by atoms with van der Waals surface area (Å²) in [7, 11) is 5.73. The zero-order chi connectivity index (χ0) is 15.2. The number of halogens is 1. The fraction of sp³-hybridized carbons (Fsp3) is 0.533. The zero-order valence-electron chi connectivity index (χ0n) is 12.8. The van der Waals surface area contributed by atoms with Crippen LogP contribution in [0.2, 0.25) is 0 Å². The number of methoxy groups -OCH3 is 1. The van der Waals surface area contributed by atoms with Gasteiger partial charge in [-0.3, -0.25) is 0 Å². The molecule has 21 heavy (non-hydrogen) atoms. The van der Waals surface area contributed by atoms with Gasteiger partial charge >= 0.3 is 0 Å². The highest BCUT2D eigenvalue weighted by Gasteiger charge is 2.10. The molecular weight excluding hydrogens is 290 g/mol. The number of imidazole rings is 1. The Morgan fingerprint density at radius 3 is 2.76 bits per heavy atom. The number of rotatable bonds is 8. The molecule has 0 saturated heterocycles. The Bertz CT molecular complexity index is 584. The quantitative estimate of drug-likeness (QED) is 0.554. The van der Waals surface area contributed by atoms with Crippen molar-refractivity contribution in [1.82, 2.24) is 14.5 Å². The summed E-state index contributed by atoms with van der Waals surface area (Å²) in [6, 6.07) is 5.84. The maximum absolute atomic E-state index is 6.00. The number of ether oxygens (including phenoxy) is 2. The molecule has 1 aromatic carbocycles. The summed E-state index contributed by atoms with van der Waals surface area (Å²) in [6.07, 6.45) is 0. The first kappa shape index (κ1) is 16.1. The number of alkyl halides is 1. The second-order valence-corrected chi connectivity index (χ2v) is 5.35. The van der Waals surface area contributed by atoms with Crippen LogP contribution < -0.4 is 4.74 Å². The summed E-state index contributed by atoms with van der Waals surface area (Å²) < 4.78 is 13.0. The van der Waals surface area contributed by atoms with E-state index in [9.17, 15) is 0 Å². The van der Waals surface area contributed by atoms with Crippen LogP contribution in [0.3, 0.4) is 0 Å². The number of likely N-dealkylation sites (N-methyl/N-ethyl adjacent to an activating group) is 1. The van der Waals surface area contributed by atoms with Crippen molar-refractivity contribution in [2.45, 2.75) is 12.4 Å². The second kappa shape index (κ2) is 7.64. The predicted octanol–water partition coefficient (Wildman–Crippen LogP) is 2.36. The predicted molar refractivity (Wildman–Crippen MR) is 85.2 cm³/mol. The molecule has 2 rings (SSSR count). The summed E-state index contributed by atoms with van der Waals surface area (Å²) in [5, 5.41) is 0. The van der Waals surface area contributed by atoms with E-state index in [-0.39, 0.29) is 0 Å². The summed E-state index contributed by atoms with van der Waals surface area (Å²) >= 11 is 6.00. The third-order valence-electron chi connectivity index (χ3n) is 3.30. The maximum Gasteiger partial charge on any atom is 0.124 e. The molecule has 0 fully saturated rings. The van der Waals surface area contributed by atoms with Crippen LogP contribution in [0, 0.1) is 0 Å². The highest BCUT2D eigenvalue weighted by Crippen LogP contribution is 2.22. The normalized spacial score (nSPS) is 11.5. The van der Waals surface area contributed by atoms with Gasteiger partial charge in [-0.25, -0.2) is 4.98 Å². The molecule has 2 aromatic rings. The second-order valence-electron chi connectivity index (χ2n) is 5.08. The summed E-state index contributed by atoms with van der Waals surface area (Å²) in [4.78, 5) is 6.64. The van der Waals surface area contributed by atoms with E-state index in [0.717, 1.165) is 42.3 Å². The third kappa shape index (κ3) is 4.09. The molecule has 0 aliphatic heterocycles. The van der Waals surface area contributed by atoms with E-state index in [0.29, 0.717) is 12.5 Å². The van der Waals surface area contributed by atoms with Crippen LogP contribution in [0.25, 0.3) is 11.0 Å². The molecule has 0 spiro atoms. The average Bonchev–Trinajstić information content (AvgIpc) is 2.83. The van der Waals surface area contributed by atoms with Crippen molar-refractivity contribution >= 4 is 22.6 Å². The molecular formula is C15H22ClN3O2. The number of nitrogens with zero attached hydrogens (tertiary/aromatic N) is 3. The van der Waals surface area contributed by atoms with Gasteiger partial charge in [0, 0.05) is 19.2 Å². The lowest BCUT2D eigenvalue weighted by Crippen LogP contribution is -2.19. The van der Waals surface area contributed by atoms with Gasteiger partial charge in [-0.05, 0) is 26.2 Å². The van der Waals surface area contributed by atoms with E-state index in [1.165, 1.54) is 0 Å². The van der Waals surface area contributed by atoms with E-state index < -0.39 is 0 Å². The van der Waals surface area contributed by atoms with Crippen LogP contribution in [0.4, 0.5) is 0 Å². The highest BCUT2D eigenvalue weighted by molar-refractivity contribution is 6.16. The van der Waals surface area contributed by atoms with Gasteiger partial charge < -0.3 is 18.9 Å². The van der Waals surface area contributed by atoms with Crippen molar-refractivity contribution in [2.24, 2.45) is 0 Å². The van der Waals surface area contributed by atoms with Crippen molar-refractivity contribution in [3.8, 4) is 5.75 Å². The van der Waals surface area contributed by atoms with Crippen molar-refractivity contribution in [3.63, 3.8) is 0 Å². The Balaban J connectivity index is 2.09. The molecule has 0 aliphatic rings. The summed E-state index contributed by atoms with van der Waals surface area (Å²) in [5.74, 6) is 2.06. The number of benzene rings is 1. The number of aromatic nitrogens is 2. The van der Waals surface area contributed by atoms with Crippen LogP contribution in [0.1, 0.15) is 5.82 Å². The van der Waals surface area contributed by atoms with Crippen LogP contribution in [0.15, 0.2) is 18.2 Å². The number of hydrogen-bond donors (Lipinski definition) is 0. The fourth-order valence-electron chi connectivity index (χ4n) is 2.14. The van der Waals surface area contributed by atoms with E-state index >= 15 is 0 Å². The molecule has 0 saturated carbocycles. The van der Waals surface area contributed by atoms with Gasteiger partial charge in [0.2, 0.25) is 0 Å². The standard InChI is InChI=1S/C15H22ClN3O2/c1-18(2)6-8-21-9-7-19-14-10-12(20-3)4-5-13(14)17-15(19)11-16/h4-5,10H,6-9,11H2,1-3H3. The number of hydrogen-bond acceptors (Lipinski definition) is 4. The SMILES string of the molecule is COc1ccc2nc(CCl)n(CCOCCN(C)C)c2c1. The van der Waals surface area contributed by atoms with Gasteiger partial charge in [0.1, 0.15) is 11.6 Å². The molecule has 0 atom stereocenters. The first-order valence-corrected chi connectivity index (χ1v) is 7.50. The third-order valence-corrected chi connectivity index (χ3v) is 3.54. The maximum atomic E-state index is 6.00. The first-order valence-electron chi connectivity index (χ1n) is 6.97. The highest BCUT2D eigenvalue weighted by atomic mass is 35.5. The van der Waals surface area contributed by atoms with E-state index in [2.05, 4.69) is 14.5 Å². The molecule has 6 heteroatoms.